The Hall–Kier alpha value is -4.38. The van der Waals surface area contributed by atoms with Crippen molar-refractivity contribution in [3.8, 4) is 22.3 Å². The highest BCUT2D eigenvalue weighted by molar-refractivity contribution is 5.98. The number of pyridine rings is 3. The maximum absolute atomic E-state index is 15.6. The van der Waals surface area contributed by atoms with Gasteiger partial charge in [0.05, 0.1) is 16.8 Å². The second kappa shape index (κ2) is 9.91. The number of halogens is 2. The molecule has 1 fully saturated rings. The molecule has 0 radical (unpaired) electrons. The molecule has 4 aromatic rings. The van der Waals surface area contributed by atoms with E-state index in [4.69, 9.17) is 4.98 Å². The van der Waals surface area contributed by atoms with E-state index < -0.39 is 23.0 Å². The van der Waals surface area contributed by atoms with Gasteiger partial charge in [-0.15, -0.1) is 0 Å². The number of piperazine rings is 1. The van der Waals surface area contributed by atoms with Gasteiger partial charge in [0.15, 0.2) is 11.6 Å². The van der Waals surface area contributed by atoms with Crippen molar-refractivity contribution < 1.29 is 18.7 Å². The van der Waals surface area contributed by atoms with Crippen molar-refractivity contribution in [2.24, 2.45) is 7.05 Å². The number of rotatable bonds is 5. The zero-order valence-corrected chi connectivity index (χ0v) is 23.3. The molecular formula is C30H30F2N6O3. The molecule has 1 aromatic carbocycles. The van der Waals surface area contributed by atoms with Crippen molar-refractivity contribution in [2.75, 3.05) is 43.4 Å². The number of anilines is 2. The average Bonchev–Trinajstić information content (AvgIpc) is 3.36. The van der Waals surface area contributed by atoms with Crippen LogP contribution in [0.5, 0.6) is 0 Å². The highest BCUT2D eigenvalue weighted by Gasteiger charge is 2.35. The minimum atomic E-state index is -1.32. The Morgan fingerprint density at radius 3 is 2.46 bits per heavy atom. The first-order valence-electron chi connectivity index (χ1n) is 13.5. The molecule has 9 nitrogen and oxygen atoms in total. The van der Waals surface area contributed by atoms with Gasteiger partial charge < -0.3 is 19.9 Å². The number of hydrogen-bond acceptors (Lipinski definition) is 7. The molecule has 4 heterocycles. The smallest absolute Gasteiger partial charge is 0.341 e. The van der Waals surface area contributed by atoms with Gasteiger partial charge >= 0.3 is 5.97 Å². The van der Waals surface area contributed by atoms with E-state index in [-0.39, 0.29) is 16.5 Å². The van der Waals surface area contributed by atoms with E-state index in [9.17, 15) is 19.1 Å². The predicted octanol–water partition coefficient (Wildman–Crippen LogP) is 4.12. The first kappa shape index (κ1) is 26.8. The zero-order chi connectivity index (χ0) is 29.2. The van der Waals surface area contributed by atoms with E-state index in [1.807, 2.05) is 0 Å². The lowest BCUT2D eigenvalue weighted by molar-refractivity contribution is 0.0695. The van der Waals surface area contributed by atoms with Crippen LogP contribution in [0.15, 0.2) is 35.5 Å². The topological polar surface area (TPSA) is 104 Å². The summed E-state index contributed by atoms with van der Waals surface area (Å²) in [6, 6.07) is 3.16. The quantitative estimate of drug-likeness (QED) is 0.331. The Bertz CT molecular complexity index is 1790. The van der Waals surface area contributed by atoms with Crippen molar-refractivity contribution in [1.82, 2.24) is 19.4 Å². The van der Waals surface area contributed by atoms with Crippen LogP contribution in [-0.4, -0.2) is 69.8 Å². The van der Waals surface area contributed by atoms with Gasteiger partial charge in [0.1, 0.15) is 11.2 Å². The number of aromatic carboxylic acids is 1. The van der Waals surface area contributed by atoms with Gasteiger partial charge in [-0.05, 0) is 25.5 Å². The van der Waals surface area contributed by atoms with Crippen molar-refractivity contribution in [2.45, 2.75) is 26.3 Å². The molecule has 1 saturated heterocycles. The van der Waals surface area contributed by atoms with Gasteiger partial charge in [0, 0.05) is 105 Å². The first-order chi connectivity index (χ1) is 19.6. The van der Waals surface area contributed by atoms with Crippen molar-refractivity contribution in [1.29, 1.82) is 0 Å². The number of carboxylic acid groups (broad SMARTS) is 1. The van der Waals surface area contributed by atoms with E-state index in [1.165, 1.54) is 16.8 Å². The van der Waals surface area contributed by atoms with E-state index in [2.05, 4.69) is 33.9 Å². The maximum Gasteiger partial charge on any atom is 0.341 e. The molecular weight excluding hydrogens is 530 g/mol. The minimum absolute atomic E-state index is 0.149. The van der Waals surface area contributed by atoms with Gasteiger partial charge in [-0.25, -0.2) is 18.6 Å². The SMILES string of the molecule is CNc1cc(F)c(F)c2c1Cc1ncc(-c3cnc4c(c3)c(=O)c(C(=O)O)cn4C)c(N3CCN(C(C)C)CC3)c1-2. The van der Waals surface area contributed by atoms with Crippen LogP contribution in [0.4, 0.5) is 20.2 Å². The van der Waals surface area contributed by atoms with Gasteiger partial charge in [-0.3, -0.25) is 14.7 Å². The van der Waals surface area contributed by atoms with E-state index in [0.29, 0.717) is 70.5 Å². The predicted molar refractivity (Wildman–Crippen MR) is 154 cm³/mol. The minimum Gasteiger partial charge on any atom is -0.477 e. The monoisotopic (exact) mass is 560 g/mol. The molecule has 3 aromatic heterocycles. The van der Waals surface area contributed by atoms with Gasteiger partial charge in [0.2, 0.25) is 5.43 Å². The summed E-state index contributed by atoms with van der Waals surface area (Å²) in [5, 5.41) is 12.7. The fourth-order valence-electron chi connectivity index (χ4n) is 6.10. The van der Waals surface area contributed by atoms with Gasteiger partial charge in [-0.2, -0.15) is 0 Å². The molecule has 0 saturated carbocycles. The lowest BCUT2D eigenvalue weighted by Crippen LogP contribution is -2.49. The fourth-order valence-corrected chi connectivity index (χ4v) is 6.10. The number of aromatic nitrogens is 3. The molecule has 0 atom stereocenters. The van der Waals surface area contributed by atoms with Gasteiger partial charge in [-0.1, -0.05) is 0 Å². The number of aryl methyl sites for hydroxylation is 1. The lowest BCUT2D eigenvalue weighted by atomic mass is 9.96. The van der Waals surface area contributed by atoms with Crippen molar-refractivity contribution >= 4 is 28.4 Å². The summed E-state index contributed by atoms with van der Waals surface area (Å²) in [5.41, 5.74) is 3.71. The van der Waals surface area contributed by atoms with Crippen molar-refractivity contribution in [3.63, 3.8) is 0 Å². The Morgan fingerprint density at radius 2 is 1.80 bits per heavy atom. The van der Waals surface area contributed by atoms with Gasteiger partial charge in [0.25, 0.3) is 0 Å². The molecule has 2 aliphatic rings. The van der Waals surface area contributed by atoms with Crippen LogP contribution >= 0.6 is 0 Å². The van der Waals surface area contributed by atoms with E-state index in [1.54, 1.807) is 32.6 Å². The molecule has 6 rings (SSSR count). The van der Waals surface area contributed by atoms with Crippen LogP contribution in [0.1, 0.15) is 35.5 Å². The molecule has 1 aliphatic heterocycles. The molecule has 2 N–H and O–H groups in total. The second-order valence-corrected chi connectivity index (χ2v) is 10.8. The van der Waals surface area contributed by atoms with E-state index >= 15 is 4.39 Å². The van der Waals surface area contributed by atoms with Crippen LogP contribution in [0.2, 0.25) is 0 Å². The molecule has 0 bridgehead atoms. The molecule has 0 unspecified atom stereocenters. The summed E-state index contributed by atoms with van der Waals surface area (Å²) < 4.78 is 32.0. The van der Waals surface area contributed by atoms with Crippen LogP contribution < -0.4 is 15.6 Å². The summed E-state index contributed by atoms with van der Waals surface area (Å²) in [5.74, 6) is -3.19. The van der Waals surface area contributed by atoms with Crippen LogP contribution in [0.25, 0.3) is 33.3 Å². The molecule has 212 valence electrons. The largest absolute Gasteiger partial charge is 0.477 e. The number of carbonyl (C=O) groups is 1. The molecule has 41 heavy (non-hydrogen) atoms. The number of hydrogen-bond donors (Lipinski definition) is 2. The zero-order valence-electron chi connectivity index (χ0n) is 23.3. The molecule has 0 amide bonds. The summed E-state index contributed by atoms with van der Waals surface area (Å²) in [6.45, 7) is 7.16. The summed E-state index contributed by atoms with van der Waals surface area (Å²) in [7, 11) is 3.30. The maximum atomic E-state index is 15.6. The highest BCUT2D eigenvalue weighted by atomic mass is 19.2. The van der Waals surface area contributed by atoms with E-state index in [0.717, 1.165) is 13.1 Å². The lowest BCUT2D eigenvalue weighted by Gasteiger charge is -2.39. The van der Waals surface area contributed by atoms with Crippen LogP contribution in [0.3, 0.4) is 0 Å². The summed E-state index contributed by atoms with van der Waals surface area (Å²) in [4.78, 5) is 38.6. The van der Waals surface area contributed by atoms with Crippen LogP contribution in [-0.2, 0) is 13.5 Å². The third kappa shape index (κ3) is 4.22. The summed E-state index contributed by atoms with van der Waals surface area (Å²) >= 11 is 0. The first-order valence-corrected chi connectivity index (χ1v) is 13.5. The standard InChI is InChI=1S/C30H30F2N6O3/c1-15(2)37-5-7-38(8-6-37)27-19(16-9-18-28(39)20(30(40)41)14-36(4)29(18)35-12-16)13-34-23-10-17-22(33-3)11-21(31)26(32)24(17)25(23)27/h9,11-15,33H,5-8,10H2,1-4H3,(H,40,41). The molecule has 1 aliphatic carbocycles. The Morgan fingerprint density at radius 1 is 1.07 bits per heavy atom. The molecule has 11 heteroatoms. The van der Waals surface area contributed by atoms with Crippen molar-refractivity contribution in [3.05, 3.63) is 69.4 Å². The Labute approximate surface area is 235 Å². The average molecular weight is 561 g/mol. The number of fused-ring (bicyclic) bond motifs is 4. The normalized spacial score (nSPS) is 15.0. The number of benzene rings is 1. The number of carboxylic acids is 1. The third-order valence-corrected chi connectivity index (χ3v) is 8.24. The third-order valence-electron chi connectivity index (χ3n) is 8.24. The number of nitrogens with zero attached hydrogens (tertiary/aromatic N) is 5. The fraction of sp³-hybridized carbons (Fsp3) is 0.333. The second-order valence-electron chi connectivity index (χ2n) is 10.8. The summed E-state index contributed by atoms with van der Waals surface area (Å²) in [6.07, 6.45) is 4.90. The Kier molecular flexibility index (Phi) is 6.49. The highest BCUT2D eigenvalue weighted by Crippen LogP contribution is 2.50. The Balaban J connectivity index is 1.62. The molecule has 0 spiro atoms. The number of nitrogens with one attached hydrogen (secondary N) is 1. The van der Waals surface area contributed by atoms with Crippen LogP contribution in [0, 0.1) is 11.6 Å².